The number of nitrogens with two attached hydrogens (primary N) is 1. The minimum atomic E-state index is 0.308. The molecule has 1 heterocycles. The molecule has 0 unspecified atom stereocenters. The van der Waals surface area contributed by atoms with Gasteiger partial charge in [-0.1, -0.05) is 25.5 Å². The molecule has 100 valence electrons. The number of para-hydroxylation sites is 1. The van der Waals surface area contributed by atoms with Gasteiger partial charge < -0.3 is 10.5 Å². The maximum absolute atomic E-state index is 6.22. The molecule has 0 aliphatic heterocycles. The smallest absolute Gasteiger partial charge is 0.146 e. The largest absolute Gasteiger partial charge is 0.488 e. The third kappa shape index (κ3) is 2.50. The summed E-state index contributed by atoms with van der Waals surface area (Å²) in [6, 6.07) is 9.88. The van der Waals surface area contributed by atoms with Crippen molar-refractivity contribution >= 4 is 16.7 Å². The van der Waals surface area contributed by atoms with Crippen molar-refractivity contribution in [3.05, 3.63) is 30.3 Å². The fourth-order valence-corrected chi connectivity index (χ4v) is 2.85. The zero-order valence-corrected chi connectivity index (χ0v) is 11.3. The molecule has 1 fully saturated rings. The van der Waals surface area contributed by atoms with Crippen LogP contribution in [0, 0.1) is 5.92 Å². The molecule has 19 heavy (non-hydrogen) atoms. The highest BCUT2D eigenvalue weighted by atomic mass is 16.5. The summed E-state index contributed by atoms with van der Waals surface area (Å²) in [5.41, 5.74) is 6.66. The molecule has 3 heteroatoms. The molecule has 1 aliphatic rings. The van der Waals surface area contributed by atoms with Crippen molar-refractivity contribution in [2.45, 2.75) is 38.7 Å². The molecule has 1 aliphatic carbocycles. The van der Waals surface area contributed by atoms with E-state index in [1.165, 1.54) is 19.3 Å². The number of anilines is 1. The lowest BCUT2D eigenvalue weighted by molar-refractivity contribution is 0.104. The minimum Gasteiger partial charge on any atom is -0.488 e. The average Bonchev–Trinajstić information content (AvgIpc) is 2.42. The number of aromatic nitrogens is 1. The van der Waals surface area contributed by atoms with Crippen molar-refractivity contribution in [2.24, 2.45) is 5.92 Å². The fraction of sp³-hybridized carbons (Fsp3) is 0.438. The summed E-state index contributed by atoms with van der Waals surface area (Å²) in [6.45, 7) is 2.27. The standard InChI is InChI=1S/C16H20N2O/c1-11-5-2-3-7-13(11)19-14-8-4-6-12-9-10-15(17)18-16(12)14/h4,6,8-11,13H,2-3,5,7H2,1H3,(H2,17,18)/t11-,13-/m1/s1. The Balaban J connectivity index is 1.93. The summed E-state index contributed by atoms with van der Waals surface area (Å²) in [5, 5.41) is 1.08. The normalized spacial score (nSPS) is 23.4. The van der Waals surface area contributed by atoms with Crippen molar-refractivity contribution < 1.29 is 4.74 Å². The summed E-state index contributed by atoms with van der Waals surface area (Å²) in [6.07, 6.45) is 5.28. The lowest BCUT2D eigenvalue weighted by Gasteiger charge is -2.29. The first-order chi connectivity index (χ1) is 9.24. The van der Waals surface area contributed by atoms with Gasteiger partial charge in [0.15, 0.2) is 0 Å². The lowest BCUT2D eigenvalue weighted by Crippen LogP contribution is -2.28. The van der Waals surface area contributed by atoms with E-state index in [-0.39, 0.29) is 0 Å². The number of pyridine rings is 1. The lowest BCUT2D eigenvalue weighted by atomic mass is 9.88. The predicted octanol–water partition coefficient (Wildman–Crippen LogP) is 3.77. The van der Waals surface area contributed by atoms with E-state index in [0.717, 1.165) is 23.1 Å². The number of benzene rings is 1. The second-order valence-electron chi connectivity index (χ2n) is 5.48. The molecule has 2 aromatic rings. The van der Waals surface area contributed by atoms with Crippen LogP contribution >= 0.6 is 0 Å². The summed E-state index contributed by atoms with van der Waals surface area (Å²) >= 11 is 0. The Bertz CT molecular complexity index is 582. The van der Waals surface area contributed by atoms with E-state index in [4.69, 9.17) is 10.5 Å². The number of hydrogen-bond donors (Lipinski definition) is 1. The van der Waals surface area contributed by atoms with E-state index < -0.39 is 0 Å². The zero-order chi connectivity index (χ0) is 13.2. The zero-order valence-electron chi connectivity index (χ0n) is 11.3. The summed E-state index contributed by atoms with van der Waals surface area (Å²) in [4.78, 5) is 4.42. The second-order valence-corrected chi connectivity index (χ2v) is 5.48. The number of ether oxygens (including phenoxy) is 1. The molecule has 0 spiro atoms. The summed E-state index contributed by atoms with van der Waals surface area (Å²) in [5.74, 6) is 2.02. The number of hydrogen-bond acceptors (Lipinski definition) is 3. The quantitative estimate of drug-likeness (QED) is 0.889. The van der Waals surface area contributed by atoms with Crippen molar-refractivity contribution in [2.75, 3.05) is 5.73 Å². The van der Waals surface area contributed by atoms with Crippen LogP contribution in [0.4, 0.5) is 5.82 Å². The van der Waals surface area contributed by atoms with Crippen molar-refractivity contribution in [3.8, 4) is 5.75 Å². The second kappa shape index (κ2) is 5.08. The van der Waals surface area contributed by atoms with Crippen LogP contribution in [0.15, 0.2) is 30.3 Å². The minimum absolute atomic E-state index is 0.308. The van der Waals surface area contributed by atoms with E-state index >= 15 is 0 Å². The number of nitrogen functional groups attached to an aromatic ring is 1. The molecule has 2 N–H and O–H groups in total. The van der Waals surface area contributed by atoms with Crippen LogP contribution in [0.2, 0.25) is 0 Å². The maximum atomic E-state index is 6.22. The van der Waals surface area contributed by atoms with Gasteiger partial charge in [-0.05, 0) is 43.4 Å². The first kappa shape index (κ1) is 12.3. The number of nitrogens with zero attached hydrogens (tertiary/aromatic N) is 1. The molecule has 0 amide bonds. The van der Waals surface area contributed by atoms with Crippen LogP contribution in [0.3, 0.4) is 0 Å². The first-order valence-electron chi connectivity index (χ1n) is 7.06. The SMILES string of the molecule is C[C@@H]1CCCC[C@H]1Oc1cccc2ccc(N)nc12. The molecule has 1 aromatic carbocycles. The molecule has 0 saturated heterocycles. The van der Waals surface area contributed by atoms with E-state index in [2.05, 4.69) is 11.9 Å². The highest BCUT2D eigenvalue weighted by molar-refractivity contribution is 5.85. The molecule has 3 nitrogen and oxygen atoms in total. The maximum Gasteiger partial charge on any atom is 0.146 e. The highest BCUT2D eigenvalue weighted by Gasteiger charge is 2.23. The third-order valence-corrected chi connectivity index (χ3v) is 4.02. The van der Waals surface area contributed by atoms with Gasteiger partial charge in [0.05, 0.1) is 0 Å². The Labute approximate surface area is 113 Å². The molecule has 1 saturated carbocycles. The monoisotopic (exact) mass is 256 g/mol. The van der Waals surface area contributed by atoms with Crippen molar-refractivity contribution in [3.63, 3.8) is 0 Å². The predicted molar refractivity (Wildman–Crippen MR) is 78.2 cm³/mol. The van der Waals surface area contributed by atoms with E-state index in [0.29, 0.717) is 17.8 Å². The van der Waals surface area contributed by atoms with E-state index in [9.17, 15) is 0 Å². The van der Waals surface area contributed by atoms with Crippen LogP contribution in [-0.2, 0) is 0 Å². The van der Waals surface area contributed by atoms with Crippen LogP contribution in [0.1, 0.15) is 32.6 Å². The van der Waals surface area contributed by atoms with Gasteiger partial charge in [-0.15, -0.1) is 0 Å². The van der Waals surface area contributed by atoms with Gasteiger partial charge in [0, 0.05) is 5.39 Å². The van der Waals surface area contributed by atoms with Gasteiger partial charge >= 0.3 is 0 Å². The van der Waals surface area contributed by atoms with Crippen LogP contribution < -0.4 is 10.5 Å². The molecule has 0 bridgehead atoms. The third-order valence-electron chi connectivity index (χ3n) is 4.02. The Kier molecular flexibility index (Phi) is 3.28. The highest BCUT2D eigenvalue weighted by Crippen LogP contribution is 2.31. The molecular weight excluding hydrogens is 236 g/mol. The molecule has 2 atom stereocenters. The summed E-state index contributed by atoms with van der Waals surface area (Å²) < 4.78 is 6.22. The van der Waals surface area contributed by atoms with Crippen LogP contribution in [-0.4, -0.2) is 11.1 Å². The Morgan fingerprint density at radius 2 is 2.00 bits per heavy atom. The number of rotatable bonds is 2. The van der Waals surface area contributed by atoms with Crippen LogP contribution in [0.25, 0.3) is 10.9 Å². The molecule has 1 aromatic heterocycles. The van der Waals surface area contributed by atoms with Gasteiger partial charge in [0.25, 0.3) is 0 Å². The Morgan fingerprint density at radius 1 is 1.16 bits per heavy atom. The van der Waals surface area contributed by atoms with E-state index in [1.807, 2.05) is 30.3 Å². The Morgan fingerprint density at radius 3 is 2.84 bits per heavy atom. The van der Waals surface area contributed by atoms with E-state index in [1.54, 1.807) is 0 Å². The molecule has 3 rings (SSSR count). The fourth-order valence-electron chi connectivity index (χ4n) is 2.85. The van der Waals surface area contributed by atoms with Gasteiger partial charge in [-0.25, -0.2) is 4.98 Å². The van der Waals surface area contributed by atoms with Crippen molar-refractivity contribution in [1.29, 1.82) is 0 Å². The van der Waals surface area contributed by atoms with Gasteiger partial charge in [0.2, 0.25) is 0 Å². The summed E-state index contributed by atoms with van der Waals surface area (Å²) in [7, 11) is 0. The topological polar surface area (TPSA) is 48.1 Å². The first-order valence-corrected chi connectivity index (χ1v) is 7.06. The molecular formula is C16H20N2O. The molecule has 0 radical (unpaired) electrons. The Hall–Kier alpha value is -1.77. The van der Waals surface area contributed by atoms with Crippen LogP contribution in [0.5, 0.6) is 5.75 Å². The van der Waals surface area contributed by atoms with Gasteiger partial charge in [0.1, 0.15) is 23.2 Å². The van der Waals surface area contributed by atoms with Gasteiger partial charge in [-0.2, -0.15) is 0 Å². The van der Waals surface area contributed by atoms with Gasteiger partial charge in [-0.3, -0.25) is 0 Å². The average molecular weight is 256 g/mol. The number of fused-ring (bicyclic) bond motifs is 1. The van der Waals surface area contributed by atoms with Crippen molar-refractivity contribution in [1.82, 2.24) is 4.98 Å².